The highest BCUT2D eigenvalue weighted by atomic mass is 16.5. The van der Waals surface area contributed by atoms with E-state index in [1.165, 1.54) is 17.2 Å². The van der Waals surface area contributed by atoms with Crippen molar-refractivity contribution in [3.8, 4) is 11.5 Å². The maximum absolute atomic E-state index is 11.5. The molecule has 0 N–H and O–H groups in total. The van der Waals surface area contributed by atoms with E-state index in [1.807, 2.05) is 0 Å². The second kappa shape index (κ2) is 7.60. The lowest BCUT2D eigenvalue weighted by Gasteiger charge is -2.11. The van der Waals surface area contributed by atoms with Crippen LogP contribution >= 0.6 is 0 Å². The van der Waals surface area contributed by atoms with Crippen molar-refractivity contribution in [2.24, 2.45) is 0 Å². The van der Waals surface area contributed by atoms with Gasteiger partial charge in [0.25, 0.3) is 0 Å². The minimum atomic E-state index is -0.369. The van der Waals surface area contributed by atoms with Crippen LogP contribution in [0.25, 0.3) is 11.0 Å². The van der Waals surface area contributed by atoms with Crippen molar-refractivity contribution in [2.75, 3.05) is 13.2 Å². The molecule has 2 aromatic rings. The minimum Gasteiger partial charge on any atom is -0.493 e. The average molecular weight is 340 g/mol. The van der Waals surface area contributed by atoms with Crippen LogP contribution in [0.3, 0.4) is 0 Å². The van der Waals surface area contributed by atoms with Gasteiger partial charge in [0.1, 0.15) is 23.7 Å². The molecule has 0 atom stereocenters. The molecule has 0 amide bonds. The molecule has 0 saturated carbocycles. The van der Waals surface area contributed by atoms with Gasteiger partial charge in [-0.05, 0) is 45.8 Å². The number of hydrogen-bond acceptors (Lipinski definition) is 4. The Kier molecular flexibility index (Phi) is 5.27. The summed E-state index contributed by atoms with van der Waals surface area (Å²) in [5, 5.41) is 0.819. The van der Waals surface area contributed by atoms with Gasteiger partial charge in [0.05, 0.1) is 12.0 Å². The van der Waals surface area contributed by atoms with Gasteiger partial charge in [-0.15, -0.1) is 0 Å². The Morgan fingerprint density at radius 3 is 2.88 bits per heavy atom. The summed E-state index contributed by atoms with van der Waals surface area (Å²) in [6, 6.07) is 4.98. The van der Waals surface area contributed by atoms with Crippen molar-refractivity contribution >= 4 is 11.0 Å². The van der Waals surface area contributed by atoms with Gasteiger partial charge in [0, 0.05) is 24.1 Å². The summed E-state index contributed by atoms with van der Waals surface area (Å²) in [5.74, 6) is 1.52. The summed E-state index contributed by atoms with van der Waals surface area (Å²) < 4.78 is 17.0. The SMILES string of the molecule is CC(C)=CCC/C(C)=C/COc1c2c(cc3oc(=O)ccc13)OCC2. The lowest BCUT2D eigenvalue weighted by molar-refractivity contribution is 0.356. The molecule has 0 bridgehead atoms. The van der Waals surface area contributed by atoms with Gasteiger partial charge in [0.15, 0.2) is 0 Å². The maximum atomic E-state index is 11.5. The van der Waals surface area contributed by atoms with Gasteiger partial charge >= 0.3 is 5.63 Å². The Morgan fingerprint density at radius 2 is 2.08 bits per heavy atom. The minimum absolute atomic E-state index is 0.369. The van der Waals surface area contributed by atoms with E-state index in [1.54, 1.807) is 12.1 Å². The Hall–Kier alpha value is -2.49. The molecule has 0 saturated heterocycles. The van der Waals surface area contributed by atoms with Gasteiger partial charge in [-0.1, -0.05) is 17.2 Å². The van der Waals surface area contributed by atoms with E-state index in [4.69, 9.17) is 13.9 Å². The smallest absolute Gasteiger partial charge is 0.336 e. The van der Waals surface area contributed by atoms with Gasteiger partial charge in [0.2, 0.25) is 0 Å². The summed E-state index contributed by atoms with van der Waals surface area (Å²) in [5.41, 5.74) is 3.84. The number of ether oxygens (including phenoxy) is 2. The number of rotatable bonds is 6. The van der Waals surface area contributed by atoms with Gasteiger partial charge in [-0.3, -0.25) is 0 Å². The van der Waals surface area contributed by atoms with Crippen LogP contribution < -0.4 is 15.1 Å². The van der Waals surface area contributed by atoms with E-state index in [0.717, 1.165) is 41.7 Å². The van der Waals surface area contributed by atoms with Crippen molar-refractivity contribution in [1.29, 1.82) is 0 Å². The third-order valence-corrected chi connectivity index (χ3v) is 4.30. The molecule has 2 heterocycles. The number of fused-ring (bicyclic) bond motifs is 2. The standard InChI is InChI=1S/C21H24O4/c1-14(2)5-4-6-15(3)9-11-24-21-16-7-8-20(22)25-19(16)13-18-17(21)10-12-23-18/h5,7-9,13H,4,6,10-12H2,1-3H3/b15-9+. The third-order valence-electron chi connectivity index (χ3n) is 4.30. The van der Waals surface area contributed by atoms with Gasteiger partial charge in [-0.25, -0.2) is 4.79 Å². The first-order valence-electron chi connectivity index (χ1n) is 8.69. The fourth-order valence-corrected chi connectivity index (χ4v) is 2.96. The second-order valence-electron chi connectivity index (χ2n) is 6.63. The lowest BCUT2D eigenvalue weighted by atomic mass is 10.1. The highest BCUT2D eigenvalue weighted by Gasteiger charge is 2.21. The molecular formula is C21H24O4. The van der Waals surface area contributed by atoms with Crippen molar-refractivity contribution in [2.45, 2.75) is 40.0 Å². The quantitative estimate of drug-likeness (QED) is 0.560. The Morgan fingerprint density at radius 1 is 1.24 bits per heavy atom. The van der Waals surface area contributed by atoms with Crippen LogP contribution in [-0.2, 0) is 6.42 Å². The van der Waals surface area contributed by atoms with Crippen LogP contribution in [0.1, 0.15) is 39.2 Å². The van der Waals surface area contributed by atoms with Crippen molar-refractivity contribution in [3.05, 3.63) is 57.5 Å². The predicted octanol–water partition coefficient (Wildman–Crippen LogP) is 4.80. The summed E-state index contributed by atoms with van der Waals surface area (Å²) in [6.07, 6.45) is 7.24. The zero-order chi connectivity index (χ0) is 17.8. The Bertz CT molecular complexity index is 883. The van der Waals surface area contributed by atoms with Crippen LogP contribution in [-0.4, -0.2) is 13.2 Å². The predicted molar refractivity (Wildman–Crippen MR) is 99.6 cm³/mol. The summed E-state index contributed by atoms with van der Waals surface area (Å²) in [4.78, 5) is 11.5. The van der Waals surface area contributed by atoms with E-state index < -0.39 is 0 Å². The molecule has 0 unspecified atom stereocenters. The Balaban J connectivity index is 1.79. The molecule has 0 radical (unpaired) electrons. The summed E-state index contributed by atoms with van der Waals surface area (Å²) >= 11 is 0. The van der Waals surface area contributed by atoms with Crippen molar-refractivity contribution in [3.63, 3.8) is 0 Å². The lowest BCUT2D eigenvalue weighted by Crippen LogP contribution is -2.01. The number of hydrogen-bond donors (Lipinski definition) is 0. The molecule has 132 valence electrons. The normalized spacial score (nSPS) is 13.5. The van der Waals surface area contributed by atoms with E-state index in [2.05, 4.69) is 32.9 Å². The van der Waals surface area contributed by atoms with Crippen LogP contribution in [0.5, 0.6) is 11.5 Å². The van der Waals surface area contributed by atoms with E-state index >= 15 is 0 Å². The molecule has 1 aliphatic heterocycles. The molecule has 3 rings (SSSR count). The van der Waals surface area contributed by atoms with Crippen molar-refractivity contribution in [1.82, 2.24) is 0 Å². The van der Waals surface area contributed by atoms with E-state index in [-0.39, 0.29) is 5.63 Å². The Labute approximate surface area is 147 Å². The van der Waals surface area contributed by atoms with Crippen LogP contribution in [0.4, 0.5) is 0 Å². The van der Waals surface area contributed by atoms with E-state index in [9.17, 15) is 4.79 Å². The highest BCUT2D eigenvalue weighted by molar-refractivity contribution is 5.87. The highest BCUT2D eigenvalue weighted by Crippen LogP contribution is 2.39. The molecule has 1 aromatic heterocycles. The zero-order valence-electron chi connectivity index (χ0n) is 15.1. The molecule has 1 aromatic carbocycles. The number of allylic oxidation sites excluding steroid dienone is 3. The third kappa shape index (κ3) is 4.13. The van der Waals surface area contributed by atoms with Gasteiger partial charge < -0.3 is 13.9 Å². The number of benzene rings is 1. The fraction of sp³-hybridized carbons (Fsp3) is 0.381. The van der Waals surface area contributed by atoms with Crippen LogP contribution in [0.15, 0.2) is 50.7 Å². The van der Waals surface area contributed by atoms with E-state index in [0.29, 0.717) is 18.8 Å². The second-order valence-corrected chi connectivity index (χ2v) is 6.63. The topological polar surface area (TPSA) is 48.7 Å². The summed E-state index contributed by atoms with van der Waals surface area (Å²) in [6.45, 7) is 7.47. The van der Waals surface area contributed by atoms with Gasteiger partial charge in [-0.2, -0.15) is 0 Å². The molecule has 25 heavy (non-hydrogen) atoms. The van der Waals surface area contributed by atoms with Crippen LogP contribution in [0, 0.1) is 0 Å². The first kappa shape index (κ1) is 17.3. The largest absolute Gasteiger partial charge is 0.493 e. The van der Waals surface area contributed by atoms with Crippen molar-refractivity contribution < 1.29 is 13.9 Å². The zero-order valence-corrected chi connectivity index (χ0v) is 15.1. The molecule has 0 fully saturated rings. The first-order valence-corrected chi connectivity index (χ1v) is 8.69. The average Bonchev–Trinajstić information content (AvgIpc) is 3.01. The molecule has 1 aliphatic rings. The summed E-state index contributed by atoms with van der Waals surface area (Å²) in [7, 11) is 0. The van der Waals surface area contributed by atoms with Crippen LogP contribution in [0.2, 0.25) is 0 Å². The first-order chi connectivity index (χ1) is 12.0. The molecule has 0 aliphatic carbocycles. The maximum Gasteiger partial charge on any atom is 0.336 e. The molecule has 4 nitrogen and oxygen atoms in total. The molecule has 4 heteroatoms. The fourth-order valence-electron chi connectivity index (χ4n) is 2.96. The monoisotopic (exact) mass is 340 g/mol. The molecular weight excluding hydrogens is 316 g/mol. The molecule has 0 spiro atoms.